The summed E-state index contributed by atoms with van der Waals surface area (Å²) in [7, 11) is 0. The van der Waals surface area contributed by atoms with Crippen LogP contribution in [0.5, 0.6) is 0 Å². The molecule has 370 valence electrons. The topological polar surface area (TPSA) is 11.4 Å². The second-order valence-corrected chi connectivity index (χ2v) is 25.6. The Morgan fingerprint density at radius 3 is 1.64 bits per heavy atom. The number of rotatable bonds is 4. The van der Waals surface area contributed by atoms with E-state index in [-0.39, 0.29) is 28.4 Å². The summed E-state index contributed by atoms with van der Waals surface area (Å²) in [5, 5.41) is 2.56. The second-order valence-electron chi connectivity index (χ2n) is 25.6. The number of aromatic nitrogens is 1. The molecule has 0 saturated carbocycles. The monoisotopic (exact) mass is 974 g/mol. The van der Waals surface area contributed by atoms with Crippen LogP contribution in [-0.2, 0) is 21.7 Å². The van der Waals surface area contributed by atoms with Crippen molar-refractivity contribution in [3.63, 3.8) is 0 Å². The highest BCUT2D eigenvalue weighted by Gasteiger charge is 2.46. The fourth-order valence-corrected chi connectivity index (χ4v) is 13.2. The summed E-state index contributed by atoms with van der Waals surface area (Å²) >= 11 is 0. The van der Waals surface area contributed by atoms with Crippen LogP contribution in [0.4, 0.5) is 34.1 Å². The Morgan fingerprint density at radius 1 is 0.400 bits per heavy atom. The largest absolute Gasteiger partial charge is 0.311 e. The van der Waals surface area contributed by atoms with E-state index in [1.807, 2.05) is 0 Å². The van der Waals surface area contributed by atoms with Crippen LogP contribution in [0.1, 0.15) is 115 Å². The lowest BCUT2D eigenvalue weighted by Gasteiger charge is -2.46. The first-order valence-corrected chi connectivity index (χ1v) is 27.2. The van der Waals surface area contributed by atoms with Gasteiger partial charge in [0.2, 0.25) is 0 Å². The van der Waals surface area contributed by atoms with Crippen molar-refractivity contribution in [1.82, 2.24) is 4.57 Å². The van der Waals surface area contributed by atoms with Gasteiger partial charge < -0.3 is 14.4 Å². The van der Waals surface area contributed by atoms with E-state index in [9.17, 15) is 0 Å². The van der Waals surface area contributed by atoms with E-state index in [4.69, 9.17) is 0 Å². The molecule has 3 aliphatic rings. The van der Waals surface area contributed by atoms with Crippen molar-refractivity contribution in [2.75, 3.05) is 9.80 Å². The van der Waals surface area contributed by atoms with Gasteiger partial charge in [-0.3, -0.25) is 0 Å². The van der Waals surface area contributed by atoms with Gasteiger partial charge >= 0.3 is 0 Å². The predicted molar refractivity (Wildman–Crippen MR) is 323 cm³/mol. The summed E-state index contributed by atoms with van der Waals surface area (Å²) in [6.07, 6.45) is 0. The fourth-order valence-electron chi connectivity index (χ4n) is 13.2. The van der Waals surface area contributed by atoms with Crippen molar-refractivity contribution in [2.45, 2.75) is 112 Å². The first-order valence-electron chi connectivity index (χ1n) is 27.2. The highest BCUT2D eigenvalue weighted by molar-refractivity contribution is 7.00. The van der Waals surface area contributed by atoms with Gasteiger partial charge in [0.25, 0.3) is 6.71 Å². The molecule has 0 N–H and O–H groups in total. The number of hydrogen-bond donors (Lipinski definition) is 0. The van der Waals surface area contributed by atoms with Crippen molar-refractivity contribution in [1.29, 1.82) is 0 Å². The van der Waals surface area contributed by atoms with Gasteiger partial charge in [-0.25, -0.2) is 0 Å². The Hall–Kier alpha value is -7.56. The summed E-state index contributed by atoms with van der Waals surface area (Å²) < 4.78 is 2.52. The van der Waals surface area contributed by atoms with Gasteiger partial charge in [-0.05, 0) is 180 Å². The molecule has 4 heteroatoms. The number of benzene rings is 9. The number of nitrogens with zero attached hydrogens (tertiary/aromatic N) is 3. The van der Waals surface area contributed by atoms with Crippen LogP contribution in [-0.4, -0.2) is 11.3 Å². The van der Waals surface area contributed by atoms with Crippen LogP contribution in [0.25, 0.3) is 49.7 Å². The summed E-state index contributed by atoms with van der Waals surface area (Å²) in [5.74, 6) is 0. The van der Waals surface area contributed by atoms with Gasteiger partial charge in [-0.2, -0.15) is 0 Å². The quantitative estimate of drug-likeness (QED) is 0.163. The van der Waals surface area contributed by atoms with E-state index in [1.165, 1.54) is 134 Å². The molecule has 0 bridgehead atoms. The third-order valence-corrected chi connectivity index (χ3v) is 17.2. The number of aryl methyl sites for hydroxylation is 2. The smallest absolute Gasteiger partial charge is 0.252 e. The highest BCUT2D eigenvalue weighted by Crippen LogP contribution is 2.53. The van der Waals surface area contributed by atoms with Gasteiger partial charge in [0.1, 0.15) is 0 Å². The molecule has 3 nitrogen and oxygen atoms in total. The van der Waals surface area contributed by atoms with Crippen molar-refractivity contribution < 1.29 is 0 Å². The third kappa shape index (κ3) is 7.15. The van der Waals surface area contributed by atoms with E-state index >= 15 is 0 Å². The highest BCUT2D eigenvalue weighted by atomic mass is 15.2. The molecule has 75 heavy (non-hydrogen) atoms. The van der Waals surface area contributed by atoms with Crippen LogP contribution in [0.3, 0.4) is 0 Å². The lowest BCUT2D eigenvalue weighted by Crippen LogP contribution is -2.61. The van der Waals surface area contributed by atoms with Crippen molar-refractivity contribution in [3.05, 3.63) is 215 Å². The molecule has 0 amide bonds. The summed E-state index contributed by atoms with van der Waals surface area (Å²) in [5.41, 5.74) is 29.0. The maximum Gasteiger partial charge on any atom is 0.252 e. The molecule has 13 rings (SSSR count). The molecular weight excluding hydrogens is 906 g/mol. The number of para-hydroxylation sites is 1. The first kappa shape index (κ1) is 47.2. The minimum Gasteiger partial charge on any atom is -0.311 e. The van der Waals surface area contributed by atoms with Gasteiger partial charge in [0.15, 0.2) is 0 Å². The normalized spacial score (nSPS) is 14.5. The molecule has 0 atom stereocenters. The van der Waals surface area contributed by atoms with E-state index in [1.54, 1.807) is 0 Å². The van der Waals surface area contributed by atoms with Crippen molar-refractivity contribution >= 4 is 79.0 Å². The molecule has 0 fully saturated rings. The Kier molecular flexibility index (Phi) is 10.2. The minimum atomic E-state index is -0.175. The Morgan fingerprint density at radius 2 is 0.960 bits per heavy atom. The zero-order valence-corrected chi connectivity index (χ0v) is 46.2. The van der Waals surface area contributed by atoms with E-state index in [0.717, 1.165) is 5.69 Å². The van der Waals surface area contributed by atoms with E-state index < -0.39 is 0 Å². The fraction of sp³-hybridized carbons (Fsp3) is 0.239. The number of anilines is 6. The van der Waals surface area contributed by atoms with Crippen LogP contribution >= 0.6 is 0 Å². The predicted octanol–water partition coefficient (Wildman–Crippen LogP) is 17.3. The minimum absolute atomic E-state index is 0.0218. The third-order valence-electron chi connectivity index (χ3n) is 17.2. The first-order chi connectivity index (χ1) is 35.7. The van der Waals surface area contributed by atoms with Crippen LogP contribution in [0.15, 0.2) is 176 Å². The average molecular weight is 974 g/mol. The maximum atomic E-state index is 2.68. The second kappa shape index (κ2) is 16.2. The average Bonchev–Trinajstić information content (AvgIpc) is 3.90. The summed E-state index contributed by atoms with van der Waals surface area (Å²) in [6.45, 7) is 30.6. The molecule has 0 spiro atoms. The van der Waals surface area contributed by atoms with Crippen LogP contribution < -0.4 is 26.2 Å². The van der Waals surface area contributed by atoms with E-state index in [2.05, 4.69) is 280 Å². The van der Waals surface area contributed by atoms with Crippen molar-refractivity contribution in [3.8, 4) is 27.9 Å². The summed E-state index contributed by atoms with van der Waals surface area (Å²) in [6, 6.07) is 68.0. The standard InChI is InChI=1S/C71H68BN3/c1-43-34-46(45-22-16-14-17-23-45)35-44(2)67(43)75-62-37-48(69(6,7)8)28-32-58(62)72-59-41-55-54-36-47(68(3,4)5)29-33-60(54)73(50-24-18-15-19-25-50)61(55)42-63(59)74(64-38-49(70(9,10)11)39-65(75)66(64)72)51-30-31-53-52-26-20-21-27-56(52)71(12,13)57(53)40-51/h14-42H,1-13H3. The lowest BCUT2D eigenvalue weighted by atomic mass is 9.33. The molecule has 0 radical (unpaired) electrons. The van der Waals surface area contributed by atoms with Gasteiger partial charge in [-0.1, -0.05) is 179 Å². The Balaban J connectivity index is 1.18. The molecule has 1 aliphatic carbocycles. The molecule has 2 aliphatic heterocycles. The van der Waals surface area contributed by atoms with Crippen molar-refractivity contribution in [2.24, 2.45) is 0 Å². The molecule has 3 heterocycles. The van der Waals surface area contributed by atoms with E-state index in [0.29, 0.717) is 0 Å². The SMILES string of the molecule is Cc1cc(-c2ccccc2)cc(C)c1N1c2cc(C(C)(C)C)ccc2B2c3cc4c5cc(C(C)(C)C)ccc5n(-c5ccccc5)c4cc3N(c3ccc4c(c3)C(C)(C)c3ccccc3-4)c3cc(C(C)(C)C)cc1c32. The van der Waals surface area contributed by atoms with Crippen LogP contribution in [0.2, 0.25) is 0 Å². The zero-order valence-electron chi connectivity index (χ0n) is 46.2. The molecule has 1 aromatic heterocycles. The van der Waals surface area contributed by atoms with Crippen LogP contribution in [0, 0.1) is 13.8 Å². The lowest BCUT2D eigenvalue weighted by molar-refractivity contribution is 0.590. The molecular formula is C71H68BN3. The molecule has 10 aromatic rings. The maximum absolute atomic E-state index is 2.68. The molecule has 0 saturated heterocycles. The number of hydrogen-bond acceptors (Lipinski definition) is 2. The zero-order chi connectivity index (χ0) is 52.2. The Labute approximate surface area is 445 Å². The molecule has 0 unspecified atom stereocenters. The molecule has 9 aromatic carbocycles. The number of fused-ring (bicyclic) bond motifs is 10. The van der Waals surface area contributed by atoms with Gasteiger partial charge in [-0.15, -0.1) is 0 Å². The summed E-state index contributed by atoms with van der Waals surface area (Å²) in [4.78, 5) is 5.34. The Bertz CT molecular complexity index is 3980. The van der Waals surface area contributed by atoms with Gasteiger partial charge in [0.05, 0.1) is 16.7 Å². The van der Waals surface area contributed by atoms with Gasteiger partial charge in [0, 0.05) is 50.3 Å².